The van der Waals surface area contributed by atoms with E-state index in [-0.39, 0.29) is 12.6 Å². The normalized spacial score (nSPS) is 15.5. The fraction of sp³-hybridized carbons (Fsp3) is 0.263. The maximum atomic E-state index is 12.1. The Hall–Kier alpha value is -3.02. The van der Waals surface area contributed by atoms with Crippen molar-refractivity contribution in [3.8, 4) is 5.75 Å². The van der Waals surface area contributed by atoms with Gasteiger partial charge in [-0.15, -0.1) is 0 Å². The summed E-state index contributed by atoms with van der Waals surface area (Å²) in [6.07, 6.45) is 0.143. The number of fused-ring (bicyclic) bond motifs is 1. The molecule has 0 radical (unpaired) electrons. The molecule has 1 heterocycles. The predicted molar refractivity (Wildman–Crippen MR) is 90.4 cm³/mol. The van der Waals surface area contributed by atoms with Gasteiger partial charge in [-0.1, -0.05) is 36.4 Å². The molecule has 1 aliphatic rings. The van der Waals surface area contributed by atoms with Crippen molar-refractivity contribution in [1.82, 2.24) is 5.32 Å². The van der Waals surface area contributed by atoms with Gasteiger partial charge in [0, 0.05) is 12.0 Å². The van der Waals surface area contributed by atoms with Crippen LogP contribution >= 0.6 is 0 Å². The number of alkyl carbamates (subject to hydrolysis) is 1. The van der Waals surface area contributed by atoms with Crippen molar-refractivity contribution >= 4 is 12.1 Å². The summed E-state index contributed by atoms with van der Waals surface area (Å²) in [7, 11) is 1.33. The van der Waals surface area contributed by atoms with E-state index in [0.29, 0.717) is 24.3 Å². The Kier molecular flexibility index (Phi) is 5.18. The molecule has 1 amide bonds. The van der Waals surface area contributed by atoms with Crippen molar-refractivity contribution in [1.29, 1.82) is 0 Å². The first-order valence-corrected chi connectivity index (χ1v) is 7.99. The van der Waals surface area contributed by atoms with Gasteiger partial charge in [0.05, 0.1) is 25.3 Å². The van der Waals surface area contributed by atoms with E-state index < -0.39 is 12.1 Å². The Labute approximate surface area is 145 Å². The average Bonchev–Trinajstić information content (AvgIpc) is 2.66. The van der Waals surface area contributed by atoms with Crippen molar-refractivity contribution in [3.05, 3.63) is 65.2 Å². The Balaban J connectivity index is 1.64. The van der Waals surface area contributed by atoms with E-state index in [1.54, 1.807) is 18.2 Å². The standard InChI is InChI=1S/C19H19NO5/c1-23-18(21)14-7-8-15-16(9-10-24-17(15)11-14)20-19(22)25-12-13-5-3-2-4-6-13/h2-8,11,16H,9-10,12H2,1H3,(H,20,22). The van der Waals surface area contributed by atoms with Gasteiger partial charge in [-0.2, -0.15) is 0 Å². The van der Waals surface area contributed by atoms with Crippen LogP contribution in [0.4, 0.5) is 4.79 Å². The van der Waals surface area contributed by atoms with Crippen LogP contribution in [0.25, 0.3) is 0 Å². The maximum Gasteiger partial charge on any atom is 0.407 e. The molecule has 0 saturated carbocycles. The van der Waals surface area contributed by atoms with Crippen LogP contribution in [0.5, 0.6) is 5.75 Å². The fourth-order valence-electron chi connectivity index (χ4n) is 2.69. The van der Waals surface area contributed by atoms with E-state index in [1.807, 2.05) is 30.3 Å². The molecule has 2 aromatic carbocycles. The largest absolute Gasteiger partial charge is 0.493 e. The number of amides is 1. The first-order chi connectivity index (χ1) is 12.2. The molecule has 2 aromatic rings. The van der Waals surface area contributed by atoms with Crippen LogP contribution in [-0.4, -0.2) is 25.8 Å². The smallest absolute Gasteiger partial charge is 0.407 e. The van der Waals surface area contributed by atoms with Crippen molar-refractivity contribution in [3.63, 3.8) is 0 Å². The van der Waals surface area contributed by atoms with Crippen molar-refractivity contribution in [2.75, 3.05) is 13.7 Å². The molecule has 1 unspecified atom stereocenters. The summed E-state index contributed by atoms with van der Waals surface area (Å²) in [6.45, 7) is 0.658. The minimum Gasteiger partial charge on any atom is -0.493 e. The highest BCUT2D eigenvalue weighted by molar-refractivity contribution is 5.90. The van der Waals surface area contributed by atoms with Crippen molar-refractivity contribution < 1.29 is 23.8 Å². The highest BCUT2D eigenvalue weighted by Gasteiger charge is 2.24. The number of carbonyl (C=O) groups excluding carboxylic acids is 2. The second-order valence-electron chi connectivity index (χ2n) is 5.64. The van der Waals surface area contributed by atoms with E-state index in [4.69, 9.17) is 14.2 Å². The van der Waals surface area contributed by atoms with Gasteiger partial charge in [0.1, 0.15) is 12.4 Å². The van der Waals surface area contributed by atoms with E-state index in [9.17, 15) is 9.59 Å². The Morgan fingerprint density at radius 3 is 2.76 bits per heavy atom. The highest BCUT2D eigenvalue weighted by atomic mass is 16.5. The first kappa shape index (κ1) is 16.8. The second kappa shape index (κ2) is 7.70. The third-order valence-electron chi connectivity index (χ3n) is 3.98. The number of methoxy groups -OCH3 is 1. The van der Waals surface area contributed by atoms with Gasteiger partial charge in [-0.3, -0.25) is 0 Å². The van der Waals surface area contributed by atoms with Crippen LogP contribution in [0.15, 0.2) is 48.5 Å². The van der Waals surface area contributed by atoms with Gasteiger partial charge in [0.15, 0.2) is 0 Å². The van der Waals surface area contributed by atoms with Gasteiger partial charge in [0.25, 0.3) is 0 Å². The zero-order valence-corrected chi connectivity index (χ0v) is 13.9. The number of rotatable bonds is 4. The molecule has 0 bridgehead atoms. The maximum absolute atomic E-state index is 12.1. The summed E-state index contributed by atoms with van der Waals surface area (Å²) in [5, 5.41) is 2.85. The first-order valence-electron chi connectivity index (χ1n) is 7.99. The molecule has 25 heavy (non-hydrogen) atoms. The van der Waals surface area contributed by atoms with Gasteiger partial charge < -0.3 is 19.5 Å². The molecule has 6 nitrogen and oxygen atoms in total. The molecule has 0 saturated heterocycles. The van der Waals surface area contributed by atoms with Crippen LogP contribution in [-0.2, 0) is 16.1 Å². The van der Waals surface area contributed by atoms with Crippen LogP contribution in [0, 0.1) is 0 Å². The van der Waals surface area contributed by atoms with E-state index >= 15 is 0 Å². The molecule has 1 N–H and O–H groups in total. The number of hydrogen-bond acceptors (Lipinski definition) is 5. The van der Waals surface area contributed by atoms with Crippen molar-refractivity contribution in [2.24, 2.45) is 0 Å². The molecule has 0 aromatic heterocycles. The minimum absolute atomic E-state index is 0.212. The van der Waals surface area contributed by atoms with E-state index in [1.165, 1.54) is 7.11 Å². The number of carbonyl (C=O) groups is 2. The Morgan fingerprint density at radius 2 is 2.00 bits per heavy atom. The number of nitrogens with one attached hydrogen (secondary N) is 1. The molecule has 6 heteroatoms. The summed E-state index contributed by atoms with van der Waals surface area (Å²) in [5.74, 6) is 0.145. The summed E-state index contributed by atoms with van der Waals surface area (Å²) in [5.41, 5.74) is 2.15. The van der Waals surface area contributed by atoms with Gasteiger partial charge >= 0.3 is 12.1 Å². The molecule has 130 valence electrons. The molecular weight excluding hydrogens is 322 g/mol. The lowest BCUT2D eigenvalue weighted by Crippen LogP contribution is -2.32. The molecule has 1 aliphatic heterocycles. The SMILES string of the molecule is COC(=O)c1ccc2c(c1)OCCC2NC(=O)OCc1ccccc1. The molecule has 3 rings (SSSR count). The monoisotopic (exact) mass is 341 g/mol. The van der Waals surface area contributed by atoms with Gasteiger partial charge in [-0.05, 0) is 17.7 Å². The zero-order valence-electron chi connectivity index (χ0n) is 13.9. The minimum atomic E-state index is -0.487. The number of benzene rings is 2. The number of ether oxygens (including phenoxy) is 3. The zero-order chi connectivity index (χ0) is 17.6. The van der Waals surface area contributed by atoms with Crippen LogP contribution in [0.2, 0.25) is 0 Å². The van der Waals surface area contributed by atoms with E-state index in [0.717, 1.165) is 11.1 Å². The summed E-state index contributed by atoms with van der Waals surface area (Å²) >= 11 is 0. The van der Waals surface area contributed by atoms with Gasteiger partial charge in [-0.25, -0.2) is 9.59 Å². The summed E-state index contributed by atoms with van der Waals surface area (Å²) < 4.78 is 15.6. The topological polar surface area (TPSA) is 73.9 Å². The average molecular weight is 341 g/mol. The Morgan fingerprint density at radius 1 is 1.20 bits per heavy atom. The predicted octanol–water partition coefficient (Wildman–Crippen LogP) is 3.22. The quantitative estimate of drug-likeness (QED) is 0.864. The van der Waals surface area contributed by atoms with E-state index in [2.05, 4.69) is 5.32 Å². The van der Waals surface area contributed by atoms with Gasteiger partial charge in [0.2, 0.25) is 0 Å². The summed E-state index contributed by atoms with van der Waals surface area (Å²) in [6, 6.07) is 14.3. The second-order valence-corrected chi connectivity index (χ2v) is 5.64. The lowest BCUT2D eigenvalue weighted by atomic mass is 9.99. The molecule has 0 spiro atoms. The van der Waals surface area contributed by atoms with Crippen molar-refractivity contribution in [2.45, 2.75) is 19.1 Å². The molecular formula is C19H19NO5. The molecule has 1 atom stereocenters. The number of hydrogen-bond donors (Lipinski definition) is 1. The fourth-order valence-corrected chi connectivity index (χ4v) is 2.69. The number of esters is 1. The third kappa shape index (κ3) is 4.09. The third-order valence-corrected chi connectivity index (χ3v) is 3.98. The highest BCUT2D eigenvalue weighted by Crippen LogP contribution is 2.33. The van der Waals surface area contributed by atoms with Crippen LogP contribution in [0.1, 0.15) is 33.9 Å². The molecule has 0 aliphatic carbocycles. The lowest BCUT2D eigenvalue weighted by Gasteiger charge is -2.26. The van der Waals surface area contributed by atoms with Crippen LogP contribution in [0.3, 0.4) is 0 Å². The lowest BCUT2D eigenvalue weighted by molar-refractivity contribution is 0.0599. The summed E-state index contributed by atoms with van der Waals surface area (Å²) in [4.78, 5) is 23.7. The van der Waals surface area contributed by atoms with Crippen LogP contribution < -0.4 is 10.1 Å². The molecule has 0 fully saturated rings. The Bertz CT molecular complexity index is 760.